The number of amidine groups is 1. The number of benzene rings is 1. The Bertz CT molecular complexity index is 1430. The number of nitrogens with one attached hydrogen (secondary N) is 1. The molecule has 5 rings (SSSR count). The second kappa shape index (κ2) is 13.5. The molecule has 0 bridgehead atoms. The summed E-state index contributed by atoms with van der Waals surface area (Å²) in [6.45, 7) is 8.72. The van der Waals surface area contributed by atoms with E-state index in [1.54, 1.807) is 4.90 Å². The molecule has 1 unspecified atom stereocenters. The number of aromatic nitrogens is 1. The van der Waals surface area contributed by atoms with E-state index in [-0.39, 0.29) is 47.1 Å². The predicted molar refractivity (Wildman–Crippen MR) is 171 cm³/mol. The minimum absolute atomic E-state index is 0. The van der Waals surface area contributed by atoms with Crippen LogP contribution in [0.4, 0.5) is 5.69 Å². The fourth-order valence-electron chi connectivity index (χ4n) is 5.89. The number of carbonyl (C=O) groups is 2. The van der Waals surface area contributed by atoms with E-state index in [4.69, 9.17) is 20.2 Å². The van der Waals surface area contributed by atoms with Crippen LogP contribution in [-0.2, 0) is 16.8 Å². The van der Waals surface area contributed by atoms with Crippen molar-refractivity contribution in [2.24, 2.45) is 5.92 Å². The fourth-order valence-corrected chi connectivity index (χ4v) is 5.89. The molecule has 0 spiro atoms. The lowest BCUT2D eigenvalue weighted by Crippen LogP contribution is -2.31. The molecule has 1 atom stereocenters. The van der Waals surface area contributed by atoms with Crippen LogP contribution in [-0.4, -0.2) is 58.8 Å². The number of halogens is 1. The van der Waals surface area contributed by atoms with Crippen LogP contribution < -0.4 is 9.64 Å². The number of carboxylic acids is 1. The second-order valence-corrected chi connectivity index (χ2v) is 12.9. The standard InChI is InChI=1S/C33H41N5O4.BrH/c1-33(2,3)25-16-24(28(39)20-38-19-23-9-10-26(22-7-8-22)36-30(23)32(38)35)17-27(37-14-12-21(18-37)11-13-34)31(25)42-15-5-4-6-29(40)41;/h9-10,16-17,21-22,35H,4-8,11-12,14-15,18-20H2,1-3H3,(H,40,41);1H. The maximum Gasteiger partial charge on any atom is 0.303 e. The molecule has 1 saturated carbocycles. The first-order valence-corrected chi connectivity index (χ1v) is 15.1. The lowest BCUT2D eigenvalue weighted by Gasteiger charge is -2.30. The summed E-state index contributed by atoms with van der Waals surface area (Å²) >= 11 is 0. The molecule has 43 heavy (non-hydrogen) atoms. The Balaban J connectivity index is 0.00000423. The van der Waals surface area contributed by atoms with E-state index in [2.05, 4.69) is 43.9 Å². The number of carboxylic acid groups (broad SMARTS) is 1. The molecule has 2 fully saturated rings. The van der Waals surface area contributed by atoms with Crippen molar-refractivity contribution in [2.45, 2.75) is 83.6 Å². The SMILES string of the molecule is Br.CC(C)(C)c1cc(C(=O)CN2Cc3ccc(C4CC4)nc3C2=N)cc(N2CCC(CC#N)C2)c1OCCCCC(=O)O. The van der Waals surface area contributed by atoms with Crippen molar-refractivity contribution in [3.05, 3.63) is 52.3 Å². The Labute approximate surface area is 264 Å². The third kappa shape index (κ3) is 7.56. The minimum Gasteiger partial charge on any atom is -0.491 e. The van der Waals surface area contributed by atoms with Crippen molar-refractivity contribution >= 4 is 40.3 Å². The normalized spacial score (nSPS) is 17.8. The summed E-state index contributed by atoms with van der Waals surface area (Å²) in [6.07, 6.45) is 4.92. The summed E-state index contributed by atoms with van der Waals surface area (Å²) in [5.74, 6) is 0.907. The van der Waals surface area contributed by atoms with E-state index in [0.29, 0.717) is 62.0 Å². The highest BCUT2D eigenvalue weighted by Gasteiger charge is 2.33. The molecule has 0 radical (unpaired) electrons. The number of hydrogen-bond donors (Lipinski definition) is 2. The van der Waals surface area contributed by atoms with Crippen LogP contribution in [0.15, 0.2) is 24.3 Å². The lowest BCUT2D eigenvalue weighted by atomic mass is 9.84. The fraction of sp³-hybridized carbons (Fsp3) is 0.545. The quantitative estimate of drug-likeness (QED) is 0.204. The largest absolute Gasteiger partial charge is 0.491 e. The summed E-state index contributed by atoms with van der Waals surface area (Å²) in [5, 5.41) is 27.0. The number of fused-ring (bicyclic) bond motifs is 1. The number of nitriles is 1. The number of ether oxygens (including phenoxy) is 1. The van der Waals surface area contributed by atoms with Crippen LogP contribution in [0.2, 0.25) is 0 Å². The van der Waals surface area contributed by atoms with Gasteiger partial charge in [0, 0.05) is 60.8 Å². The number of aliphatic carboxylic acids is 1. The Hall–Kier alpha value is -3.45. The van der Waals surface area contributed by atoms with Gasteiger partial charge >= 0.3 is 5.97 Å². The molecule has 2 aromatic rings. The second-order valence-electron chi connectivity index (χ2n) is 12.9. The molecular weight excluding hydrogens is 610 g/mol. The van der Waals surface area contributed by atoms with Gasteiger partial charge in [0.05, 0.1) is 24.9 Å². The lowest BCUT2D eigenvalue weighted by molar-refractivity contribution is -0.137. The zero-order valence-corrected chi connectivity index (χ0v) is 27.0. The summed E-state index contributed by atoms with van der Waals surface area (Å²) in [5.41, 5.74) is 4.74. The van der Waals surface area contributed by atoms with Crippen LogP contribution in [0.5, 0.6) is 5.75 Å². The highest BCUT2D eigenvalue weighted by atomic mass is 79.9. The predicted octanol–water partition coefficient (Wildman–Crippen LogP) is 6.23. The summed E-state index contributed by atoms with van der Waals surface area (Å²) < 4.78 is 6.38. The summed E-state index contributed by atoms with van der Waals surface area (Å²) in [6, 6.07) is 10.2. The Morgan fingerprint density at radius 2 is 1.95 bits per heavy atom. The number of anilines is 1. The highest BCUT2D eigenvalue weighted by molar-refractivity contribution is 8.93. The van der Waals surface area contributed by atoms with Gasteiger partial charge in [0.1, 0.15) is 17.3 Å². The Morgan fingerprint density at radius 1 is 1.19 bits per heavy atom. The average Bonchev–Trinajstić information content (AvgIpc) is 3.61. The molecular formula is C33H42BrN5O4. The summed E-state index contributed by atoms with van der Waals surface area (Å²) in [4.78, 5) is 33.6. The number of unbranched alkanes of at least 4 members (excludes halogenated alkanes) is 1. The number of Topliss-reactive ketones (excluding diaryl/α,β-unsaturated/α-hetero) is 1. The molecule has 230 valence electrons. The first kappa shape index (κ1) is 32.5. The third-order valence-corrected chi connectivity index (χ3v) is 8.47. The van der Waals surface area contributed by atoms with Crippen molar-refractivity contribution in [3.8, 4) is 11.8 Å². The maximum absolute atomic E-state index is 13.9. The van der Waals surface area contributed by atoms with Gasteiger partial charge in [-0.2, -0.15) is 5.26 Å². The van der Waals surface area contributed by atoms with Gasteiger partial charge in [0.2, 0.25) is 0 Å². The van der Waals surface area contributed by atoms with Crippen LogP contribution in [0.25, 0.3) is 0 Å². The smallest absolute Gasteiger partial charge is 0.303 e. The van der Waals surface area contributed by atoms with Gasteiger partial charge in [-0.1, -0.05) is 26.8 Å². The number of nitrogens with zero attached hydrogens (tertiary/aromatic N) is 4. The molecule has 1 aromatic carbocycles. The van der Waals surface area contributed by atoms with E-state index >= 15 is 0 Å². The summed E-state index contributed by atoms with van der Waals surface area (Å²) in [7, 11) is 0. The Morgan fingerprint density at radius 3 is 2.63 bits per heavy atom. The molecule has 1 aromatic heterocycles. The van der Waals surface area contributed by atoms with Gasteiger partial charge in [-0.3, -0.25) is 15.0 Å². The molecule has 0 amide bonds. The number of rotatable bonds is 12. The van der Waals surface area contributed by atoms with Gasteiger partial charge in [-0.05, 0) is 61.6 Å². The van der Waals surface area contributed by atoms with Gasteiger partial charge in [-0.15, -0.1) is 17.0 Å². The van der Waals surface area contributed by atoms with E-state index in [0.717, 1.165) is 54.1 Å². The molecule has 3 heterocycles. The van der Waals surface area contributed by atoms with Gasteiger partial charge in [-0.25, -0.2) is 4.98 Å². The van der Waals surface area contributed by atoms with Crippen LogP contribution >= 0.6 is 17.0 Å². The molecule has 9 nitrogen and oxygen atoms in total. The Kier molecular flexibility index (Phi) is 10.2. The van der Waals surface area contributed by atoms with Crippen molar-refractivity contribution in [1.29, 1.82) is 10.7 Å². The maximum atomic E-state index is 13.9. The molecule has 3 aliphatic rings. The molecule has 2 N–H and O–H groups in total. The van der Waals surface area contributed by atoms with E-state index in [1.807, 2.05) is 12.1 Å². The van der Waals surface area contributed by atoms with Crippen LogP contribution in [0.3, 0.4) is 0 Å². The van der Waals surface area contributed by atoms with Gasteiger partial charge in [0.25, 0.3) is 0 Å². The van der Waals surface area contributed by atoms with Gasteiger partial charge in [0.15, 0.2) is 5.78 Å². The van der Waals surface area contributed by atoms with E-state index in [1.165, 1.54) is 0 Å². The molecule has 1 saturated heterocycles. The molecule has 2 aliphatic heterocycles. The first-order chi connectivity index (χ1) is 20.0. The van der Waals surface area contributed by atoms with Crippen LogP contribution in [0, 0.1) is 22.7 Å². The number of ketones is 1. The zero-order valence-electron chi connectivity index (χ0n) is 25.3. The van der Waals surface area contributed by atoms with E-state index in [9.17, 15) is 14.9 Å². The van der Waals surface area contributed by atoms with Crippen molar-refractivity contribution < 1.29 is 19.4 Å². The molecule has 10 heteroatoms. The average molecular weight is 653 g/mol. The number of pyridine rings is 1. The topological polar surface area (TPSA) is 131 Å². The number of carbonyl (C=O) groups excluding carboxylic acids is 1. The minimum atomic E-state index is -0.817. The first-order valence-electron chi connectivity index (χ1n) is 15.1. The monoisotopic (exact) mass is 651 g/mol. The van der Waals surface area contributed by atoms with Crippen molar-refractivity contribution in [3.63, 3.8) is 0 Å². The zero-order chi connectivity index (χ0) is 30.0. The van der Waals surface area contributed by atoms with Crippen LogP contribution in [0.1, 0.15) is 105 Å². The van der Waals surface area contributed by atoms with Crippen molar-refractivity contribution in [1.82, 2.24) is 9.88 Å². The molecule has 1 aliphatic carbocycles. The highest BCUT2D eigenvalue weighted by Crippen LogP contribution is 2.43. The van der Waals surface area contributed by atoms with Crippen molar-refractivity contribution in [2.75, 3.05) is 31.1 Å². The number of hydrogen-bond acceptors (Lipinski definition) is 7. The third-order valence-electron chi connectivity index (χ3n) is 8.47. The van der Waals surface area contributed by atoms with Gasteiger partial charge < -0.3 is 19.6 Å². The van der Waals surface area contributed by atoms with E-state index < -0.39 is 5.97 Å².